The SMILES string of the molecule is FC(F)(F)c1ccccc1/C=N\Nc1nc2ccccc2o1. The summed E-state index contributed by atoms with van der Waals surface area (Å²) in [5, 5.41) is 3.75. The summed E-state index contributed by atoms with van der Waals surface area (Å²) in [6.45, 7) is 0. The number of hydrogen-bond acceptors (Lipinski definition) is 4. The molecule has 0 saturated heterocycles. The van der Waals surface area contributed by atoms with Gasteiger partial charge in [-0.25, -0.2) is 5.43 Å². The van der Waals surface area contributed by atoms with Crippen molar-refractivity contribution in [1.82, 2.24) is 4.98 Å². The van der Waals surface area contributed by atoms with E-state index in [-0.39, 0.29) is 11.6 Å². The number of benzene rings is 2. The van der Waals surface area contributed by atoms with Gasteiger partial charge in [0.25, 0.3) is 0 Å². The number of hydrogen-bond donors (Lipinski definition) is 1. The molecule has 0 bridgehead atoms. The lowest BCUT2D eigenvalue weighted by Crippen LogP contribution is -2.08. The van der Waals surface area contributed by atoms with Crippen molar-refractivity contribution in [3.63, 3.8) is 0 Å². The Morgan fingerprint density at radius 1 is 1.05 bits per heavy atom. The van der Waals surface area contributed by atoms with Crippen molar-refractivity contribution in [3.8, 4) is 0 Å². The van der Waals surface area contributed by atoms with E-state index in [2.05, 4.69) is 15.5 Å². The molecule has 3 rings (SSSR count). The summed E-state index contributed by atoms with van der Waals surface area (Å²) < 4.78 is 43.8. The standard InChI is InChI=1S/C15H10F3N3O/c16-15(17,18)11-6-2-1-5-10(11)9-19-21-14-20-12-7-3-4-8-13(12)22-14/h1-9H,(H,20,21)/b19-9-. The Kier molecular flexibility index (Phi) is 3.54. The van der Waals surface area contributed by atoms with Crippen LogP contribution in [0.2, 0.25) is 0 Å². The Morgan fingerprint density at radius 2 is 1.77 bits per heavy atom. The molecule has 0 aliphatic carbocycles. The van der Waals surface area contributed by atoms with Gasteiger partial charge >= 0.3 is 12.2 Å². The van der Waals surface area contributed by atoms with Crippen LogP contribution in [-0.2, 0) is 6.18 Å². The Bertz CT molecular complexity index is 791. The molecule has 3 aromatic rings. The molecule has 0 aliphatic rings. The normalized spacial score (nSPS) is 12.1. The molecule has 0 atom stereocenters. The van der Waals surface area contributed by atoms with Crippen LogP contribution in [0.15, 0.2) is 58.0 Å². The number of fused-ring (bicyclic) bond motifs is 1. The first kappa shape index (κ1) is 14.1. The van der Waals surface area contributed by atoms with Crippen LogP contribution in [0.4, 0.5) is 19.2 Å². The molecule has 1 N–H and O–H groups in total. The van der Waals surface area contributed by atoms with Crippen molar-refractivity contribution < 1.29 is 17.6 Å². The fraction of sp³-hybridized carbons (Fsp3) is 0.0667. The molecule has 112 valence electrons. The third kappa shape index (κ3) is 2.93. The number of aromatic nitrogens is 1. The van der Waals surface area contributed by atoms with Crippen LogP contribution in [0, 0.1) is 0 Å². The molecule has 0 radical (unpaired) electrons. The van der Waals surface area contributed by atoms with Crippen LogP contribution in [0.1, 0.15) is 11.1 Å². The number of oxazole rings is 1. The monoisotopic (exact) mass is 305 g/mol. The van der Waals surface area contributed by atoms with Crippen LogP contribution in [0.3, 0.4) is 0 Å². The highest BCUT2D eigenvalue weighted by atomic mass is 19.4. The van der Waals surface area contributed by atoms with E-state index in [9.17, 15) is 13.2 Å². The number of nitrogens with zero attached hydrogens (tertiary/aromatic N) is 2. The zero-order valence-corrected chi connectivity index (χ0v) is 11.1. The predicted octanol–water partition coefficient (Wildman–Crippen LogP) is 4.29. The van der Waals surface area contributed by atoms with Gasteiger partial charge in [-0.2, -0.15) is 23.3 Å². The highest BCUT2D eigenvalue weighted by Crippen LogP contribution is 2.31. The molecule has 0 unspecified atom stereocenters. The van der Waals surface area contributed by atoms with Gasteiger partial charge in [0, 0.05) is 5.56 Å². The largest absolute Gasteiger partial charge is 0.422 e. The maximum Gasteiger partial charge on any atom is 0.417 e. The smallest absolute Gasteiger partial charge is 0.417 e. The van der Waals surface area contributed by atoms with Gasteiger partial charge in [0.1, 0.15) is 5.52 Å². The van der Waals surface area contributed by atoms with Gasteiger partial charge in [0.05, 0.1) is 11.8 Å². The van der Waals surface area contributed by atoms with Crippen LogP contribution in [-0.4, -0.2) is 11.2 Å². The van der Waals surface area contributed by atoms with Crippen molar-refractivity contribution >= 4 is 23.3 Å². The van der Waals surface area contributed by atoms with Gasteiger partial charge in [0.15, 0.2) is 5.58 Å². The summed E-state index contributed by atoms with van der Waals surface area (Å²) >= 11 is 0. The number of rotatable bonds is 3. The van der Waals surface area contributed by atoms with Gasteiger partial charge in [-0.3, -0.25) is 0 Å². The van der Waals surface area contributed by atoms with E-state index in [0.717, 1.165) is 12.3 Å². The third-order valence-electron chi connectivity index (χ3n) is 2.92. The summed E-state index contributed by atoms with van der Waals surface area (Å²) in [7, 11) is 0. The molecule has 0 spiro atoms. The van der Waals surface area contributed by atoms with Gasteiger partial charge in [-0.05, 0) is 18.2 Å². The van der Waals surface area contributed by atoms with Crippen LogP contribution < -0.4 is 5.43 Å². The third-order valence-corrected chi connectivity index (χ3v) is 2.92. The first-order chi connectivity index (χ1) is 10.5. The Morgan fingerprint density at radius 3 is 2.55 bits per heavy atom. The van der Waals surface area contributed by atoms with Crippen LogP contribution in [0.25, 0.3) is 11.1 Å². The molecule has 0 fully saturated rings. The maximum atomic E-state index is 12.8. The highest BCUT2D eigenvalue weighted by Gasteiger charge is 2.32. The molecular formula is C15H10F3N3O. The van der Waals surface area contributed by atoms with Crippen molar-refractivity contribution in [2.75, 3.05) is 5.43 Å². The first-order valence-electron chi connectivity index (χ1n) is 6.35. The lowest BCUT2D eigenvalue weighted by molar-refractivity contribution is -0.137. The number of alkyl halides is 3. The molecule has 1 heterocycles. The summed E-state index contributed by atoms with van der Waals surface area (Å²) in [6, 6.07) is 12.4. The Labute approximate surface area is 123 Å². The minimum Gasteiger partial charge on any atom is -0.422 e. The number of para-hydroxylation sites is 2. The topological polar surface area (TPSA) is 50.4 Å². The summed E-state index contributed by atoms with van der Waals surface area (Å²) in [6.07, 6.45) is -3.35. The lowest BCUT2D eigenvalue weighted by atomic mass is 10.1. The fourth-order valence-electron chi connectivity index (χ4n) is 1.94. The molecule has 4 nitrogen and oxygen atoms in total. The predicted molar refractivity (Wildman–Crippen MR) is 76.7 cm³/mol. The average Bonchev–Trinajstić information content (AvgIpc) is 2.89. The number of nitrogens with one attached hydrogen (secondary N) is 1. The lowest BCUT2D eigenvalue weighted by Gasteiger charge is -2.08. The average molecular weight is 305 g/mol. The first-order valence-corrected chi connectivity index (χ1v) is 6.35. The van der Waals surface area contributed by atoms with E-state index in [1.165, 1.54) is 18.2 Å². The molecule has 7 heteroatoms. The number of halogens is 3. The number of hydrazone groups is 1. The molecular weight excluding hydrogens is 295 g/mol. The second-order valence-electron chi connectivity index (χ2n) is 4.44. The molecule has 0 aliphatic heterocycles. The molecule has 1 aromatic heterocycles. The van der Waals surface area contributed by atoms with Crippen molar-refractivity contribution in [2.24, 2.45) is 5.10 Å². The Hall–Kier alpha value is -2.83. The second kappa shape index (κ2) is 5.51. The summed E-state index contributed by atoms with van der Waals surface area (Å²) in [4.78, 5) is 4.10. The fourth-order valence-corrected chi connectivity index (χ4v) is 1.94. The van der Waals surface area contributed by atoms with Gasteiger partial charge in [-0.15, -0.1) is 0 Å². The van der Waals surface area contributed by atoms with E-state index in [0.29, 0.717) is 11.1 Å². The van der Waals surface area contributed by atoms with E-state index >= 15 is 0 Å². The summed E-state index contributed by atoms with van der Waals surface area (Å²) in [5.74, 6) is 0. The highest BCUT2D eigenvalue weighted by molar-refractivity contribution is 5.82. The van der Waals surface area contributed by atoms with Gasteiger partial charge in [-0.1, -0.05) is 30.3 Å². The zero-order valence-electron chi connectivity index (χ0n) is 11.1. The van der Waals surface area contributed by atoms with Crippen molar-refractivity contribution in [2.45, 2.75) is 6.18 Å². The van der Waals surface area contributed by atoms with E-state index in [1.54, 1.807) is 24.3 Å². The van der Waals surface area contributed by atoms with Crippen LogP contribution >= 0.6 is 0 Å². The quantitative estimate of drug-likeness (QED) is 0.580. The Balaban J connectivity index is 1.80. The van der Waals surface area contributed by atoms with Crippen molar-refractivity contribution in [1.29, 1.82) is 0 Å². The zero-order chi connectivity index (χ0) is 15.6. The van der Waals surface area contributed by atoms with Crippen molar-refractivity contribution in [3.05, 3.63) is 59.7 Å². The molecule has 0 saturated carbocycles. The summed E-state index contributed by atoms with van der Waals surface area (Å²) in [5.41, 5.74) is 2.89. The van der Waals surface area contributed by atoms with Gasteiger partial charge in [0.2, 0.25) is 0 Å². The van der Waals surface area contributed by atoms with E-state index in [1.807, 2.05) is 0 Å². The van der Waals surface area contributed by atoms with E-state index < -0.39 is 11.7 Å². The molecule has 0 amide bonds. The van der Waals surface area contributed by atoms with Gasteiger partial charge < -0.3 is 4.42 Å². The second-order valence-corrected chi connectivity index (χ2v) is 4.44. The minimum absolute atomic E-state index is 0.0430. The maximum absolute atomic E-state index is 12.8. The molecule has 2 aromatic carbocycles. The van der Waals surface area contributed by atoms with E-state index in [4.69, 9.17) is 4.42 Å². The number of anilines is 1. The minimum atomic E-state index is -4.43. The molecule has 22 heavy (non-hydrogen) atoms. The van der Waals surface area contributed by atoms with Crippen LogP contribution in [0.5, 0.6) is 0 Å².